The molecule has 0 amide bonds. The molecule has 3 atom stereocenters. The Morgan fingerprint density at radius 1 is 0.577 bits per heavy atom. The van der Waals surface area contributed by atoms with E-state index in [0.29, 0.717) is 5.92 Å². The molecule has 2 aliphatic carbocycles. The van der Waals surface area contributed by atoms with Crippen molar-refractivity contribution in [2.24, 2.45) is 0 Å². The highest BCUT2D eigenvalue weighted by molar-refractivity contribution is 6.30. The molecule has 0 saturated heterocycles. The molecule has 2 aromatic heterocycles. The van der Waals surface area contributed by atoms with E-state index in [4.69, 9.17) is 13.6 Å². The fourth-order valence-corrected chi connectivity index (χ4v) is 12.0. The Balaban J connectivity index is 0.951. The van der Waals surface area contributed by atoms with Gasteiger partial charge in [0.1, 0.15) is 34.0 Å². The Bertz CT molecular complexity index is 3860. The molecular formula is C67H59NO3. The second-order valence-corrected chi connectivity index (χ2v) is 22.4. The van der Waals surface area contributed by atoms with Crippen LogP contribution < -0.4 is 9.64 Å². The molecule has 0 bridgehead atoms. The molecule has 0 radical (unpaired) electrons. The van der Waals surface area contributed by atoms with Gasteiger partial charge in [-0.3, -0.25) is 0 Å². The molecule has 3 unspecified atom stereocenters. The van der Waals surface area contributed by atoms with Crippen molar-refractivity contribution in [1.29, 1.82) is 0 Å². The first kappa shape index (κ1) is 43.5. The normalized spacial score (nSPS) is 17.1. The Kier molecular flexibility index (Phi) is 9.95. The molecule has 1 aliphatic heterocycles. The Labute approximate surface area is 416 Å². The molecule has 3 aliphatic rings. The van der Waals surface area contributed by atoms with Crippen molar-refractivity contribution in [3.8, 4) is 5.75 Å². The smallest absolute Gasteiger partial charge is 0.143 e. The Morgan fingerprint density at radius 3 is 2.06 bits per heavy atom. The van der Waals surface area contributed by atoms with Gasteiger partial charge in [0, 0.05) is 55.9 Å². The zero-order chi connectivity index (χ0) is 48.3. The quantitative estimate of drug-likeness (QED) is 0.149. The fourth-order valence-electron chi connectivity index (χ4n) is 12.0. The van der Waals surface area contributed by atoms with E-state index >= 15 is 0 Å². The summed E-state index contributed by atoms with van der Waals surface area (Å²) in [4.78, 5) is 2.36. The standard InChI is InChI=1S/C67H59NO3/c1-40-15-12-24-59-61(40)54-21-13-19-51(63(54)70-59)55(42-26-28-43(29-27-42)66(2,3)4)37-41-25-35-52-56(38-41)47-16-8-9-18-49(47)62-53-36-34-46(39-60(53)71-65(52)62)68(45-32-30-44(31-33-45)67(5,6)7)57-22-14-20-50-48-17-10-11-23-58(48)69-64(50)57/h8-14,16-19,21-36,38-40,50,55H,15,20,37H2,1-7H3. The highest BCUT2D eigenvalue weighted by Gasteiger charge is 2.36. The van der Waals surface area contributed by atoms with E-state index in [1.165, 1.54) is 60.5 Å². The zero-order valence-electron chi connectivity index (χ0n) is 41.8. The van der Waals surface area contributed by atoms with E-state index in [2.05, 4.69) is 229 Å². The van der Waals surface area contributed by atoms with Crippen LogP contribution in [0.3, 0.4) is 0 Å². The Morgan fingerprint density at radius 2 is 1.27 bits per heavy atom. The van der Waals surface area contributed by atoms with Crippen LogP contribution in [0.1, 0.15) is 124 Å². The summed E-state index contributed by atoms with van der Waals surface area (Å²) in [5, 5.41) is 8.21. The summed E-state index contributed by atoms with van der Waals surface area (Å²) in [5.74, 6) is 3.57. The minimum absolute atomic E-state index is 0.0297. The molecule has 4 nitrogen and oxygen atoms in total. The highest BCUT2D eigenvalue weighted by Crippen LogP contribution is 2.50. The minimum atomic E-state index is 0.0297. The largest absolute Gasteiger partial charge is 0.459 e. The summed E-state index contributed by atoms with van der Waals surface area (Å²) in [6.07, 6.45) is 11.7. The van der Waals surface area contributed by atoms with Gasteiger partial charge in [0.15, 0.2) is 0 Å². The van der Waals surface area contributed by atoms with Crippen LogP contribution in [0.15, 0.2) is 190 Å². The molecule has 10 aromatic rings. The number of nitrogens with zero attached hydrogens (tertiary/aromatic N) is 1. The number of furan rings is 2. The monoisotopic (exact) mass is 925 g/mol. The van der Waals surface area contributed by atoms with Gasteiger partial charge in [-0.05, 0) is 117 Å². The molecule has 350 valence electrons. The second kappa shape index (κ2) is 16.2. The maximum absolute atomic E-state index is 7.17. The Hall–Kier alpha value is -7.56. The van der Waals surface area contributed by atoms with Gasteiger partial charge in [0.25, 0.3) is 0 Å². The number of ether oxygens (including phenoxy) is 1. The van der Waals surface area contributed by atoms with Crippen LogP contribution in [-0.2, 0) is 17.3 Å². The van der Waals surface area contributed by atoms with Crippen molar-refractivity contribution in [1.82, 2.24) is 0 Å². The maximum Gasteiger partial charge on any atom is 0.143 e. The first-order valence-electron chi connectivity index (χ1n) is 25.6. The van der Waals surface area contributed by atoms with E-state index in [1.807, 2.05) is 0 Å². The second-order valence-electron chi connectivity index (χ2n) is 22.4. The van der Waals surface area contributed by atoms with Crippen LogP contribution in [0.4, 0.5) is 11.4 Å². The van der Waals surface area contributed by atoms with E-state index in [-0.39, 0.29) is 22.7 Å². The number of allylic oxidation sites excluding steroid dienone is 4. The molecule has 71 heavy (non-hydrogen) atoms. The summed E-state index contributed by atoms with van der Waals surface area (Å²) in [6, 6.07) is 56.3. The minimum Gasteiger partial charge on any atom is -0.459 e. The van der Waals surface area contributed by atoms with Crippen LogP contribution >= 0.6 is 0 Å². The topological polar surface area (TPSA) is 38.8 Å². The van der Waals surface area contributed by atoms with Crippen molar-refractivity contribution in [2.45, 2.75) is 96.3 Å². The van der Waals surface area contributed by atoms with Crippen molar-refractivity contribution >= 4 is 71.9 Å². The van der Waals surface area contributed by atoms with Gasteiger partial charge < -0.3 is 18.5 Å². The molecule has 0 spiro atoms. The summed E-state index contributed by atoms with van der Waals surface area (Å²) >= 11 is 0. The van der Waals surface area contributed by atoms with Crippen molar-refractivity contribution in [2.75, 3.05) is 4.90 Å². The lowest BCUT2D eigenvalue weighted by atomic mass is 9.81. The molecule has 13 rings (SSSR count). The van der Waals surface area contributed by atoms with Crippen LogP contribution in [0.5, 0.6) is 5.75 Å². The molecular weight excluding hydrogens is 867 g/mol. The van der Waals surface area contributed by atoms with Gasteiger partial charge in [0.2, 0.25) is 0 Å². The fraction of sp³-hybridized carbons (Fsp3) is 0.224. The van der Waals surface area contributed by atoms with E-state index in [0.717, 1.165) is 86.5 Å². The molecule has 4 heteroatoms. The lowest BCUT2D eigenvalue weighted by Gasteiger charge is -2.31. The molecule has 3 heterocycles. The lowest BCUT2D eigenvalue weighted by Crippen LogP contribution is -2.21. The van der Waals surface area contributed by atoms with Gasteiger partial charge in [0.05, 0.1) is 17.3 Å². The van der Waals surface area contributed by atoms with Gasteiger partial charge >= 0.3 is 0 Å². The predicted octanol–water partition coefficient (Wildman–Crippen LogP) is 18.6. The third-order valence-corrected chi connectivity index (χ3v) is 15.8. The van der Waals surface area contributed by atoms with Crippen LogP contribution in [0, 0.1) is 0 Å². The third-order valence-electron chi connectivity index (χ3n) is 15.8. The van der Waals surface area contributed by atoms with Crippen molar-refractivity contribution in [3.05, 3.63) is 226 Å². The summed E-state index contributed by atoms with van der Waals surface area (Å²) in [7, 11) is 0. The van der Waals surface area contributed by atoms with Gasteiger partial charge in [-0.25, -0.2) is 0 Å². The molecule has 0 N–H and O–H groups in total. The highest BCUT2D eigenvalue weighted by atomic mass is 16.5. The van der Waals surface area contributed by atoms with E-state index < -0.39 is 0 Å². The van der Waals surface area contributed by atoms with Crippen LogP contribution in [0.25, 0.3) is 60.5 Å². The zero-order valence-corrected chi connectivity index (χ0v) is 41.8. The van der Waals surface area contributed by atoms with E-state index in [9.17, 15) is 0 Å². The predicted molar refractivity (Wildman–Crippen MR) is 296 cm³/mol. The van der Waals surface area contributed by atoms with E-state index in [1.54, 1.807) is 0 Å². The number of hydrogen-bond donors (Lipinski definition) is 0. The third kappa shape index (κ3) is 7.16. The number of fused-ring (bicyclic) bond motifs is 14. The number of para-hydroxylation sites is 2. The number of benzene rings is 8. The van der Waals surface area contributed by atoms with Gasteiger partial charge in [-0.2, -0.15) is 0 Å². The SMILES string of the molecule is CC1CC=Cc2oc3c(C(Cc4ccc5c(c4)c4ccccc4c4c6ccc(N(C7=C8Oc9ccccc9C8CC=C7)c7ccc(C(C)(C)C)cc7)cc6oc54)c4ccc(C(C)(C)C)cc4)cccc3c21. The van der Waals surface area contributed by atoms with Crippen molar-refractivity contribution in [3.63, 3.8) is 0 Å². The summed E-state index contributed by atoms with van der Waals surface area (Å²) in [6.45, 7) is 16.0. The molecule has 0 saturated carbocycles. The average molecular weight is 926 g/mol. The molecule has 0 fully saturated rings. The molecule has 8 aromatic carbocycles. The van der Waals surface area contributed by atoms with Crippen molar-refractivity contribution < 1.29 is 13.6 Å². The van der Waals surface area contributed by atoms with Crippen LogP contribution in [0.2, 0.25) is 0 Å². The first-order valence-corrected chi connectivity index (χ1v) is 25.6. The van der Waals surface area contributed by atoms with Gasteiger partial charge in [-0.1, -0.05) is 176 Å². The summed E-state index contributed by atoms with van der Waals surface area (Å²) in [5.41, 5.74) is 15.0. The van der Waals surface area contributed by atoms with Crippen LogP contribution in [-0.4, -0.2) is 0 Å². The number of anilines is 2. The lowest BCUT2D eigenvalue weighted by molar-refractivity contribution is 0.418. The number of rotatable bonds is 7. The summed E-state index contributed by atoms with van der Waals surface area (Å²) < 4.78 is 20.8. The van der Waals surface area contributed by atoms with Gasteiger partial charge in [-0.15, -0.1) is 0 Å². The first-order chi connectivity index (χ1) is 34.4. The average Bonchev–Trinajstić information content (AvgIpc) is 4.08. The maximum atomic E-state index is 7.17. The number of hydrogen-bond acceptors (Lipinski definition) is 4.